The van der Waals surface area contributed by atoms with Gasteiger partial charge in [0.15, 0.2) is 0 Å². The molecule has 2 rings (SSSR count). The fourth-order valence-electron chi connectivity index (χ4n) is 2.14. The highest BCUT2D eigenvalue weighted by atomic mass is 16.2. The number of piperidine rings is 1. The largest absolute Gasteiger partial charge is 0.346 e. The van der Waals surface area contributed by atoms with Crippen molar-refractivity contribution in [3.8, 4) is 0 Å². The molecule has 1 aliphatic heterocycles. The van der Waals surface area contributed by atoms with Gasteiger partial charge in [0.2, 0.25) is 5.82 Å². The second kappa shape index (κ2) is 5.27. The summed E-state index contributed by atoms with van der Waals surface area (Å²) in [6.45, 7) is 5.86. The van der Waals surface area contributed by atoms with E-state index in [9.17, 15) is 4.79 Å². The molecule has 6 heteroatoms. The summed E-state index contributed by atoms with van der Waals surface area (Å²) < 4.78 is 0. The van der Waals surface area contributed by atoms with Gasteiger partial charge in [0, 0.05) is 6.04 Å². The van der Waals surface area contributed by atoms with Crippen molar-refractivity contribution in [2.45, 2.75) is 32.7 Å². The van der Waals surface area contributed by atoms with Crippen molar-refractivity contribution in [3.63, 3.8) is 0 Å². The average molecular weight is 237 g/mol. The zero-order valence-electron chi connectivity index (χ0n) is 10.3. The minimum atomic E-state index is -0.201. The van der Waals surface area contributed by atoms with Crippen LogP contribution in [0.1, 0.15) is 36.2 Å². The molecule has 1 amide bonds. The molecule has 0 aliphatic carbocycles. The van der Waals surface area contributed by atoms with Crippen molar-refractivity contribution in [2.75, 3.05) is 13.1 Å². The number of nitrogens with one attached hydrogen (secondary N) is 3. The maximum atomic E-state index is 11.8. The first-order valence-corrected chi connectivity index (χ1v) is 6.07. The average Bonchev–Trinajstić information content (AvgIpc) is 2.77. The molecule has 1 saturated heterocycles. The van der Waals surface area contributed by atoms with E-state index in [1.165, 1.54) is 6.42 Å². The molecular formula is C11H19N5O. The van der Waals surface area contributed by atoms with E-state index >= 15 is 0 Å². The van der Waals surface area contributed by atoms with E-state index in [1.807, 2.05) is 6.92 Å². The van der Waals surface area contributed by atoms with Gasteiger partial charge in [-0.25, -0.2) is 4.98 Å². The summed E-state index contributed by atoms with van der Waals surface area (Å²) in [6.07, 6.45) is 2.33. The minimum absolute atomic E-state index is 0.147. The normalized spacial score (nSPS) is 22.1. The number of H-pyrrole nitrogens is 1. The van der Waals surface area contributed by atoms with E-state index in [2.05, 4.69) is 25.8 Å². The Hall–Kier alpha value is -1.43. The first-order chi connectivity index (χ1) is 8.16. The Morgan fingerprint density at radius 1 is 1.59 bits per heavy atom. The van der Waals surface area contributed by atoms with Crippen molar-refractivity contribution in [1.29, 1.82) is 0 Å². The highest BCUT2D eigenvalue weighted by Gasteiger charge is 2.22. The molecule has 0 saturated carbocycles. The lowest BCUT2D eigenvalue weighted by molar-refractivity contribution is 0.0911. The number of carbonyl (C=O) groups excluding carboxylic acids is 1. The molecule has 0 spiro atoms. The molecule has 0 aromatic carbocycles. The Bertz CT molecular complexity index is 383. The summed E-state index contributed by atoms with van der Waals surface area (Å²) >= 11 is 0. The van der Waals surface area contributed by atoms with Crippen molar-refractivity contribution in [3.05, 3.63) is 11.6 Å². The zero-order valence-corrected chi connectivity index (χ0v) is 10.3. The molecule has 3 N–H and O–H groups in total. The van der Waals surface area contributed by atoms with Crippen LogP contribution in [-0.2, 0) is 0 Å². The Balaban J connectivity index is 1.89. The van der Waals surface area contributed by atoms with Crippen molar-refractivity contribution < 1.29 is 4.79 Å². The molecule has 2 heterocycles. The Kier molecular flexibility index (Phi) is 3.73. The molecule has 94 valence electrons. The maximum absolute atomic E-state index is 11.8. The van der Waals surface area contributed by atoms with Gasteiger partial charge in [0.05, 0.1) is 0 Å². The SMILES string of the molecule is Cc1nc(C(=O)NC(C)C2CCCNC2)n[nH]1. The number of hydrogen-bond acceptors (Lipinski definition) is 4. The van der Waals surface area contributed by atoms with Crippen LogP contribution in [0, 0.1) is 12.8 Å². The molecule has 1 aromatic heterocycles. The lowest BCUT2D eigenvalue weighted by Crippen LogP contribution is -2.44. The highest BCUT2D eigenvalue weighted by Crippen LogP contribution is 2.14. The summed E-state index contributed by atoms with van der Waals surface area (Å²) in [5.41, 5.74) is 0. The number of aromatic nitrogens is 3. The van der Waals surface area contributed by atoms with E-state index in [-0.39, 0.29) is 17.8 Å². The number of rotatable bonds is 3. The Morgan fingerprint density at radius 2 is 2.41 bits per heavy atom. The van der Waals surface area contributed by atoms with Crippen molar-refractivity contribution in [2.24, 2.45) is 5.92 Å². The van der Waals surface area contributed by atoms with Gasteiger partial charge in [-0.1, -0.05) is 0 Å². The van der Waals surface area contributed by atoms with Crippen LogP contribution in [-0.4, -0.2) is 40.2 Å². The van der Waals surface area contributed by atoms with Crippen LogP contribution in [0.3, 0.4) is 0 Å². The summed E-state index contributed by atoms with van der Waals surface area (Å²) in [6, 6.07) is 0.147. The predicted octanol–water partition coefficient (Wildman–Crippen LogP) is 0.231. The molecule has 1 aliphatic rings. The predicted molar refractivity (Wildman–Crippen MR) is 63.6 cm³/mol. The molecule has 17 heavy (non-hydrogen) atoms. The van der Waals surface area contributed by atoms with Gasteiger partial charge in [-0.15, -0.1) is 5.10 Å². The number of aromatic amines is 1. The summed E-state index contributed by atoms with van der Waals surface area (Å²) in [5, 5.41) is 12.8. The monoisotopic (exact) mass is 237 g/mol. The lowest BCUT2D eigenvalue weighted by atomic mass is 9.93. The van der Waals surface area contributed by atoms with Crippen LogP contribution in [0.5, 0.6) is 0 Å². The van der Waals surface area contributed by atoms with Crippen LogP contribution in [0.25, 0.3) is 0 Å². The van der Waals surface area contributed by atoms with Crippen molar-refractivity contribution >= 4 is 5.91 Å². The first-order valence-electron chi connectivity index (χ1n) is 6.07. The second-order valence-corrected chi connectivity index (χ2v) is 4.61. The smallest absolute Gasteiger partial charge is 0.291 e. The van der Waals surface area contributed by atoms with Gasteiger partial charge < -0.3 is 10.6 Å². The van der Waals surface area contributed by atoms with Crippen molar-refractivity contribution in [1.82, 2.24) is 25.8 Å². The molecule has 1 aromatic rings. The molecule has 0 radical (unpaired) electrons. The lowest BCUT2D eigenvalue weighted by Gasteiger charge is -2.28. The van der Waals surface area contributed by atoms with Gasteiger partial charge in [-0.3, -0.25) is 9.89 Å². The second-order valence-electron chi connectivity index (χ2n) is 4.61. The first kappa shape index (κ1) is 12.0. The number of amides is 1. The van der Waals surface area contributed by atoms with Crippen LogP contribution in [0.15, 0.2) is 0 Å². The summed E-state index contributed by atoms with van der Waals surface area (Å²) in [7, 11) is 0. The third-order valence-corrected chi connectivity index (χ3v) is 3.20. The molecule has 2 atom stereocenters. The van der Waals surface area contributed by atoms with Gasteiger partial charge in [0.25, 0.3) is 5.91 Å². The number of hydrogen-bond donors (Lipinski definition) is 3. The standard InChI is InChI=1S/C11H19N5O/c1-7(9-4-3-5-12-6-9)13-11(17)10-14-8(2)15-16-10/h7,9,12H,3-6H2,1-2H3,(H,13,17)(H,14,15,16). The van der Waals surface area contributed by atoms with Crippen LogP contribution in [0.4, 0.5) is 0 Å². The summed E-state index contributed by atoms with van der Waals surface area (Å²) in [5.74, 6) is 1.17. The van der Waals surface area contributed by atoms with E-state index in [0.717, 1.165) is 19.5 Å². The van der Waals surface area contributed by atoms with E-state index in [0.29, 0.717) is 11.7 Å². The number of nitrogens with zero attached hydrogens (tertiary/aromatic N) is 2. The fraction of sp³-hybridized carbons (Fsp3) is 0.727. The van der Waals surface area contributed by atoms with E-state index < -0.39 is 0 Å². The van der Waals surface area contributed by atoms with Gasteiger partial charge in [-0.2, -0.15) is 0 Å². The number of aryl methyl sites for hydroxylation is 1. The molecule has 6 nitrogen and oxygen atoms in total. The molecule has 0 bridgehead atoms. The van der Waals surface area contributed by atoms with Gasteiger partial charge in [-0.05, 0) is 45.7 Å². The van der Waals surface area contributed by atoms with Gasteiger partial charge >= 0.3 is 0 Å². The van der Waals surface area contributed by atoms with E-state index in [4.69, 9.17) is 0 Å². The maximum Gasteiger partial charge on any atom is 0.291 e. The van der Waals surface area contributed by atoms with Crippen LogP contribution in [0.2, 0.25) is 0 Å². The number of carbonyl (C=O) groups is 1. The highest BCUT2D eigenvalue weighted by molar-refractivity contribution is 5.90. The Morgan fingerprint density at radius 3 is 3.00 bits per heavy atom. The Labute approximate surface area is 101 Å². The molecule has 2 unspecified atom stereocenters. The third kappa shape index (κ3) is 3.03. The minimum Gasteiger partial charge on any atom is -0.346 e. The third-order valence-electron chi connectivity index (χ3n) is 3.20. The fourth-order valence-corrected chi connectivity index (χ4v) is 2.14. The molecule has 1 fully saturated rings. The van der Waals surface area contributed by atoms with E-state index in [1.54, 1.807) is 6.92 Å². The zero-order chi connectivity index (χ0) is 12.3. The van der Waals surface area contributed by atoms with Crippen LogP contribution >= 0.6 is 0 Å². The molecular weight excluding hydrogens is 218 g/mol. The van der Waals surface area contributed by atoms with Crippen LogP contribution < -0.4 is 10.6 Å². The van der Waals surface area contributed by atoms with Gasteiger partial charge in [0.1, 0.15) is 5.82 Å². The topological polar surface area (TPSA) is 82.7 Å². The summed E-state index contributed by atoms with van der Waals surface area (Å²) in [4.78, 5) is 15.8. The quantitative estimate of drug-likeness (QED) is 0.703.